The molecule has 2 heterocycles. The summed E-state index contributed by atoms with van der Waals surface area (Å²) in [6.07, 6.45) is 1.30. The largest absolute Gasteiger partial charge is 0.481 e. The van der Waals surface area contributed by atoms with Crippen molar-refractivity contribution < 1.29 is 9.90 Å². The van der Waals surface area contributed by atoms with Crippen molar-refractivity contribution in [3.8, 4) is 10.4 Å². The van der Waals surface area contributed by atoms with E-state index in [2.05, 4.69) is 41.0 Å². The van der Waals surface area contributed by atoms with Crippen molar-refractivity contribution in [3.63, 3.8) is 0 Å². The highest BCUT2D eigenvalue weighted by Gasteiger charge is 2.41. The fourth-order valence-corrected chi connectivity index (χ4v) is 3.51. The second-order valence-corrected chi connectivity index (χ2v) is 6.31. The third-order valence-electron chi connectivity index (χ3n) is 4.00. The van der Waals surface area contributed by atoms with Crippen LogP contribution in [0.5, 0.6) is 0 Å². The van der Waals surface area contributed by atoms with Gasteiger partial charge in [-0.1, -0.05) is 30.3 Å². The molecule has 1 aliphatic rings. The van der Waals surface area contributed by atoms with E-state index >= 15 is 0 Å². The minimum Gasteiger partial charge on any atom is -0.481 e. The van der Waals surface area contributed by atoms with Crippen LogP contribution in [0.15, 0.2) is 41.8 Å². The van der Waals surface area contributed by atoms with Gasteiger partial charge < -0.3 is 10.4 Å². The van der Waals surface area contributed by atoms with Gasteiger partial charge in [0.2, 0.25) is 0 Å². The Morgan fingerprint density at radius 3 is 2.65 bits per heavy atom. The number of carbonyl (C=O) groups is 1. The van der Waals surface area contributed by atoms with Gasteiger partial charge in [0, 0.05) is 11.4 Å². The smallest absolute Gasteiger partial charge is 0.311 e. The predicted octanol–water partition coefficient (Wildman–Crippen LogP) is 3.02. The number of aliphatic carboxylic acids is 1. The molecule has 0 radical (unpaired) electrons. The quantitative estimate of drug-likeness (QED) is 0.909. The molecule has 0 bridgehead atoms. The lowest BCUT2D eigenvalue weighted by molar-refractivity contribution is -0.147. The van der Waals surface area contributed by atoms with Crippen molar-refractivity contribution in [2.75, 3.05) is 13.1 Å². The highest BCUT2D eigenvalue weighted by atomic mass is 32.1. The van der Waals surface area contributed by atoms with Crippen molar-refractivity contribution >= 4 is 17.3 Å². The summed E-state index contributed by atoms with van der Waals surface area (Å²) in [4.78, 5) is 12.8. The molecule has 104 valence electrons. The fourth-order valence-electron chi connectivity index (χ4n) is 2.77. The predicted molar refractivity (Wildman–Crippen MR) is 81.0 cm³/mol. The van der Waals surface area contributed by atoms with Crippen LogP contribution in [0.3, 0.4) is 0 Å². The maximum absolute atomic E-state index is 11.5. The Morgan fingerprint density at radius 2 is 2.10 bits per heavy atom. The molecule has 0 amide bonds. The first-order chi connectivity index (χ1) is 9.70. The zero-order valence-corrected chi connectivity index (χ0v) is 12.0. The maximum atomic E-state index is 11.5. The van der Waals surface area contributed by atoms with E-state index < -0.39 is 11.4 Å². The molecule has 1 saturated heterocycles. The van der Waals surface area contributed by atoms with Crippen LogP contribution >= 0.6 is 11.3 Å². The first-order valence-electron chi connectivity index (χ1n) is 6.77. The molecule has 1 aromatic heterocycles. The van der Waals surface area contributed by atoms with Crippen LogP contribution in [0.25, 0.3) is 10.4 Å². The highest BCUT2D eigenvalue weighted by molar-refractivity contribution is 7.13. The van der Waals surface area contributed by atoms with Gasteiger partial charge in [-0.2, -0.15) is 0 Å². The standard InChI is InChI=1S/C16H17NO2S/c18-15(19)16(7-8-17-11-16)10-12-3-5-13(6-4-12)14-2-1-9-20-14/h1-6,9,17H,7-8,10-11H2,(H,18,19)/t16-/m1/s1. The first-order valence-corrected chi connectivity index (χ1v) is 7.65. The normalized spacial score (nSPS) is 22.0. The van der Waals surface area contributed by atoms with Crippen molar-refractivity contribution in [1.29, 1.82) is 0 Å². The van der Waals surface area contributed by atoms with Gasteiger partial charge in [0.1, 0.15) is 0 Å². The molecule has 4 heteroatoms. The van der Waals surface area contributed by atoms with Crippen LogP contribution in [0.4, 0.5) is 0 Å². The lowest BCUT2D eigenvalue weighted by Crippen LogP contribution is -2.35. The number of carboxylic acids is 1. The second-order valence-electron chi connectivity index (χ2n) is 5.36. The fraction of sp³-hybridized carbons (Fsp3) is 0.312. The van der Waals surface area contributed by atoms with Crippen LogP contribution in [-0.4, -0.2) is 24.2 Å². The molecular formula is C16H17NO2S. The Hall–Kier alpha value is -1.65. The molecule has 1 aromatic carbocycles. The zero-order valence-electron chi connectivity index (χ0n) is 11.1. The van der Waals surface area contributed by atoms with Gasteiger partial charge in [-0.15, -0.1) is 11.3 Å². The van der Waals surface area contributed by atoms with Gasteiger partial charge in [0.05, 0.1) is 5.41 Å². The minimum absolute atomic E-state index is 0.564. The Labute approximate surface area is 122 Å². The molecule has 0 saturated carbocycles. The minimum atomic E-state index is -0.690. The number of nitrogens with one attached hydrogen (secondary N) is 1. The van der Waals surface area contributed by atoms with Gasteiger partial charge in [0.15, 0.2) is 0 Å². The molecular weight excluding hydrogens is 270 g/mol. The number of rotatable bonds is 4. The van der Waals surface area contributed by atoms with Crippen LogP contribution in [-0.2, 0) is 11.2 Å². The van der Waals surface area contributed by atoms with Gasteiger partial charge in [0.25, 0.3) is 0 Å². The van der Waals surface area contributed by atoms with Gasteiger partial charge in [-0.05, 0) is 42.0 Å². The van der Waals surface area contributed by atoms with Gasteiger partial charge in [-0.25, -0.2) is 0 Å². The molecule has 0 unspecified atom stereocenters. The van der Waals surface area contributed by atoms with Crippen LogP contribution < -0.4 is 5.32 Å². The van der Waals surface area contributed by atoms with Crippen molar-refractivity contribution in [1.82, 2.24) is 5.32 Å². The summed E-state index contributed by atoms with van der Waals surface area (Å²) in [6, 6.07) is 12.4. The number of carboxylic acid groups (broad SMARTS) is 1. The molecule has 3 rings (SSSR count). The summed E-state index contributed by atoms with van der Waals surface area (Å²) in [5, 5.41) is 14.7. The molecule has 2 aromatic rings. The molecule has 0 spiro atoms. The summed E-state index contributed by atoms with van der Waals surface area (Å²) < 4.78 is 0. The average molecular weight is 287 g/mol. The molecule has 2 N–H and O–H groups in total. The number of benzene rings is 1. The second kappa shape index (κ2) is 5.38. The molecule has 1 fully saturated rings. The Bertz CT molecular complexity index is 583. The summed E-state index contributed by atoms with van der Waals surface area (Å²) in [7, 11) is 0. The Morgan fingerprint density at radius 1 is 1.30 bits per heavy atom. The van der Waals surface area contributed by atoms with E-state index in [1.807, 2.05) is 6.07 Å². The maximum Gasteiger partial charge on any atom is 0.311 e. The van der Waals surface area contributed by atoms with Crippen molar-refractivity contribution in [3.05, 3.63) is 47.3 Å². The summed E-state index contributed by atoms with van der Waals surface area (Å²) in [6.45, 7) is 1.36. The lowest BCUT2D eigenvalue weighted by atomic mass is 9.81. The van der Waals surface area contributed by atoms with Crippen molar-refractivity contribution in [2.24, 2.45) is 5.41 Å². The van der Waals surface area contributed by atoms with Crippen LogP contribution in [0, 0.1) is 5.41 Å². The number of hydrogen-bond donors (Lipinski definition) is 2. The van der Waals surface area contributed by atoms with E-state index in [0.29, 0.717) is 19.4 Å². The van der Waals surface area contributed by atoms with Crippen LogP contribution in [0.2, 0.25) is 0 Å². The topological polar surface area (TPSA) is 49.3 Å². The third-order valence-corrected chi connectivity index (χ3v) is 4.92. The number of hydrogen-bond acceptors (Lipinski definition) is 3. The van der Waals surface area contributed by atoms with Crippen LogP contribution in [0.1, 0.15) is 12.0 Å². The highest BCUT2D eigenvalue weighted by Crippen LogP contribution is 2.31. The lowest BCUT2D eigenvalue weighted by Gasteiger charge is -2.23. The van der Waals surface area contributed by atoms with Crippen molar-refractivity contribution in [2.45, 2.75) is 12.8 Å². The van der Waals surface area contributed by atoms with E-state index in [9.17, 15) is 9.90 Å². The first kappa shape index (κ1) is 13.3. The van der Waals surface area contributed by atoms with E-state index in [1.165, 1.54) is 10.4 Å². The Balaban J connectivity index is 1.80. The monoisotopic (exact) mass is 287 g/mol. The van der Waals surface area contributed by atoms with Gasteiger partial charge in [-0.3, -0.25) is 4.79 Å². The summed E-state index contributed by atoms with van der Waals surface area (Å²) in [5.41, 5.74) is 1.65. The van der Waals surface area contributed by atoms with E-state index in [4.69, 9.17) is 0 Å². The van der Waals surface area contributed by atoms with E-state index in [1.54, 1.807) is 11.3 Å². The molecule has 1 atom stereocenters. The molecule has 0 aliphatic carbocycles. The molecule has 3 nitrogen and oxygen atoms in total. The number of thiophene rings is 1. The van der Waals surface area contributed by atoms with E-state index in [0.717, 1.165) is 12.1 Å². The SMILES string of the molecule is O=C(O)[C@@]1(Cc2ccc(-c3cccs3)cc2)CCNC1. The average Bonchev–Trinajstić information content (AvgIpc) is 3.11. The summed E-state index contributed by atoms with van der Waals surface area (Å²) >= 11 is 1.71. The third kappa shape index (κ3) is 2.49. The Kier molecular flexibility index (Phi) is 3.59. The molecule has 1 aliphatic heterocycles. The zero-order chi connectivity index (χ0) is 14.0. The van der Waals surface area contributed by atoms with Gasteiger partial charge >= 0.3 is 5.97 Å². The van der Waals surface area contributed by atoms with E-state index in [-0.39, 0.29) is 0 Å². The molecule has 20 heavy (non-hydrogen) atoms. The summed E-state index contributed by atoms with van der Waals surface area (Å²) in [5.74, 6) is -0.690.